The van der Waals surface area contributed by atoms with Crippen LogP contribution in [0.1, 0.15) is 32.8 Å². The minimum absolute atomic E-state index is 0.0817. The van der Waals surface area contributed by atoms with Crippen molar-refractivity contribution in [2.45, 2.75) is 33.6 Å². The molecular formula is C13H17BrO. The van der Waals surface area contributed by atoms with Crippen LogP contribution in [-0.4, -0.2) is 5.78 Å². The fourth-order valence-corrected chi connectivity index (χ4v) is 1.93. The number of rotatable bonds is 3. The maximum Gasteiger partial charge on any atom is 0.137 e. The van der Waals surface area contributed by atoms with Gasteiger partial charge in [0, 0.05) is 17.3 Å². The van der Waals surface area contributed by atoms with Gasteiger partial charge in [0.05, 0.1) is 0 Å². The number of carbonyl (C=O) groups excluding carboxylic acids is 1. The predicted octanol–water partition coefficient (Wildman–Crippen LogP) is 4.00. The zero-order chi connectivity index (χ0) is 11.5. The zero-order valence-corrected chi connectivity index (χ0v) is 11.1. The standard InChI is InChI=1S/C13H17BrO/c1-13(2,3)9-11(15)8-10-6-4-5-7-12(10)14/h4-7H,8-9H2,1-3H3. The summed E-state index contributed by atoms with van der Waals surface area (Å²) in [6, 6.07) is 7.89. The number of hydrogen-bond acceptors (Lipinski definition) is 1. The Kier molecular flexibility index (Phi) is 4.09. The third kappa shape index (κ3) is 4.61. The second kappa shape index (κ2) is 4.93. The van der Waals surface area contributed by atoms with Crippen LogP contribution in [0.3, 0.4) is 0 Å². The summed E-state index contributed by atoms with van der Waals surface area (Å²) < 4.78 is 1.02. The normalized spacial score (nSPS) is 11.5. The molecule has 0 atom stereocenters. The van der Waals surface area contributed by atoms with Gasteiger partial charge in [-0.1, -0.05) is 54.9 Å². The zero-order valence-electron chi connectivity index (χ0n) is 9.51. The Morgan fingerprint density at radius 3 is 2.40 bits per heavy atom. The van der Waals surface area contributed by atoms with Gasteiger partial charge in [-0.05, 0) is 17.0 Å². The van der Waals surface area contributed by atoms with Gasteiger partial charge in [0.15, 0.2) is 0 Å². The molecule has 0 radical (unpaired) electrons. The summed E-state index contributed by atoms with van der Waals surface area (Å²) in [5, 5.41) is 0. The van der Waals surface area contributed by atoms with Crippen LogP contribution in [0.15, 0.2) is 28.7 Å². The molecule has 0 unspecified atom stereocenters. The molecule has 0 amide bonds. The van der Waals surface area contributed by atoms with E-state index in [0.29, 0.717) is 18.6 Å². The highest BCUT2D eigenvalue weighted by Crippen LogP contribution is 2.22. The van der Waals surface area contributed by atoms with E-state index in [2.05, 4.69) is 36.7 Å². The lowest BCUT2D eigenvalue weighted by molar-refractivity contribution is -0.120. The van der Waals surface area contributed by atoms with Crippen LogP contribution in [0.25, 0.3) is 0 Å². The van der Waals surface area contributed by atoms with Crippen molar-refractivity contribution in [2.75, 3.05) is 0 Å². The number of hydrogen-bond donors (Lipinski definition) is 0. The molecule has 0 aliphatic rings. The highest BCUT2D eigenvalue weighted by atomic mass is 79.9. The maximum atomic E-state index is 11.8. The van der Waals surface area contributed by atoms with E-state index in [1.807, 2.05) is 24.3 Å². The van der Waals surface area contributed by atoms with Crippen molar-refractivity contribution in [3.63, 3.8) is 0 Å². The third-order valence-corrected chi connectivity index (χ3v) is 2.85. The third-order valence-electron chi connectivity index (χ3n) is 2.07. The van der Waals surface area contributed by atoms with E-state index in [1.54, 1.807) is 0 Å². The van der Waals surface area contributed by atoms with E-state index in [1.165, 1.54) is 0 Å². The Labute approximate surface area is 100 Å². The van der Waals surface area contributed by atoms with Crippen molar-refractivity contribution in [3.05, 3.63) is 34.3 Å². The molecule has 15 heavy (non-hydrogen) atoms. The van der Waals surface area contributed by atoms with Crippen molar-refractivity contribution >= 4 is 21.7 Å². The van der Waals surface area contributed by atoms with Gasteiger partial charge < -0.3 is 0 Å². The number of halogens is 1. The molecule has 0 saturated heterocycles. The fourth-order valence-electron chi connectivity index (χ4n) is 1.51. The number of Topliss-reactive ketones (excluding diaryl/α,β-unsaturated/α-hetero) is 1. The van der Waals surface area contributed by atoms with Crippen LogP contribution in [0.5, 0.6) is 0 Å². The van der Waals surface area contributed by atoms with Gasteiger partial charge >= 0.3 is 0 Å². The van der Waals surface area contributed by atoms with E-state index in [-0.39, 0.29) is 5.41 Å². The molecule has 1 aromatic carbocycles. The Balaban J connectivity index is 2.64. The first-order valence-electron chi connectivity index (χ1n) is 5.13. The summed E-state index contributed by atoms with van der Waals surface area (Å²) in [6.07, 6.45) is 1.16. The summed E-state index contributed by atoms with van der Waals surface area (Å²) in [5.41, 5.74) is 1.16. The van der Waals surface area contributed by atoms with Crippen LogP contribution in [0, 0.1) is 5.41 Å². The van der Waals surface area contributed by atoms with E-state index < -0.39 is 0 Å². The van der Waals surface area contributed by atoms with E-state index in [4.69, 9.17) is 0 Å². The van der Waals surface area contributed by atoms with Crippen molar-refractivity contribution in [2.24, 2.45) is 5.41 Å². The SMILES string of the molecule is CC(C)(C)CC(=O)Cc1ccccc1Br. The lowest BCUT2D eigenvalue weighted by Gasteiger charge is -2.16. The van der Waals surface area contributed by atoms with Crippen LogP contribution >= 0.6 is 15.9 Å². The minimum Gasteiger partial charge on any atom is -0.299 e. The van der Waals surface area contributed by atoms with Gasteiger partial charge in [-0.25, -0.2) is 0 Å². The molecule has 0 saturated carbocycles. The smallest absolute Gasteiger partial charge is 0.137 e. The summed E-state index contributed by atoms with van der Waals surface area (Å²) in [6.45, 7) is 6.26. The van der Waals surface area contributed by atoms with Gasteiger partial charge in [-0.2, -0.15) is 0 Å². The van der Waals surface area contributed by atoms with E-state index >= 15 is 0 Å². The van der Waals surface area contributed by atoms with Crippen LogP contribution in [0.2, 0.25) is 0 Å². The van der Waals surface area contributed by atoms with Crippen molar-refractivity contribution in [1.82, 2.24) is 0 Å². The molecule has 0 aliphatic heterocycles. The maximum absolute atomic E-state index is 11.8. The lowest BCUT2D eigenvalue weighted by atomic mass is 9.88. The number of carbonyl (C=O) groups is 1. The molecule has 1 aromatic rings. The Morgan fingerprint density at radius 1 is 1.27 bits per heavy atom. The fraction of sp³-hybridized carbons (Fsp3) is 0.462. The largest absolute Gasteiger partial charge is 0.299 e. The van der Waals surface area contributed by atoms with Gasteiger partial charge in [0.2, 0.25) is 0 Å². The Morgan fingerprint density at radius 2 is 1.87 bits per heavy atom. The van der Waals surface area contributed by atoms with Crippen LogP contribution in [0.4, 0.5) is 0 Å². The quantitative estimate of drug-likeness (QED) is 0.810. The molecule has 0 N–H and O–H groups in total. The molecule has 0 bridgehead atoms. The Bertz CT molecular complexity index is 350. The van der Waals surface area contributed by atoms with Gasteiger partial charge in [0.1, 0.15) is 5.78 Å². The van der Waals surface area contributed by atoms with Crippen LogP contribution in [-0.2, 0) is 11.2 Å². The molecule has 0 aromatic heterocycles. The molecule has 1 rings (SSSR count). The lowest BCUT2D eigenvalue weighted by Crippen LogP contribution is -2.14. The second-order valence-corrected chi connectivity index (χ2v) is 5.90. The first kappa shape index (κ1) is 12.4. The average Bonchev–Trinajstić information content (AvgIpc) is 2.05. The molecule has 82 valence electrons. The van der Waals surface area contributed by atoms with E-state index in [9.17, 15) is 4.79 Å². The molecule has 0 aliphatic carbocycles. The number of benzene rings is 1. The van der Waals surface area contributed by atoms with E-state index in [0.717, 1.165) is 10.0 Å². The van der Waals surface area contributed by atoms with Gasteiger partial charge in [-0.3, -0.25) is 4.79 Å². The number of ketones is 1. The highest BCUT2D eigenvalue weighted by molar-refractivity contribution is 9.10. The summed E-state index contributed by atoms with van der Waals surface area (Å²) >= 11 is 3.45. The topological polar surface area (TPSA) is 17.1 Å². The first-order chi connectivity index (χ1) is 6.88. The van der Waals surface area contributed by atoms with Crippen molar-refractivity contribution in [3.8, 4) is 0 Å². The summed E-state index contributed by atoms with van der Waals surface area (Å²) in [7, 11) is 0. The highest BCUT2D eigenvalue weighted by Gasteiger charge is 2.16. The van der Waals surface area contributed by atoms with Gasteiger partial charge in [-0.15, -0.1) is 0 Å². The molecule has 0 heterocycles. The molecule has 0 spiro atoms. The first-order valence-corrected chi connectivity index (χ1v) is 5.93. The van der Waals surface area contributed by atoms with Crippen LogP contribution < -0.4 is 0 Å². The Hall–Kier alpha value is -0.630. The van der Waals surface area contributed by atoms with Crippen molar-refractivity contribution in [1.29, 1.82) is 0 Å². The second-order valence-electron chi connectivity index (χ2n) is 5.04. The summed E-state index contributed by atoms with van der Waals surface area (Å²) in [4.78, 5) is 11.8. The average molecular weight is 269 g/mol. The summed E-state index contributed by atoms with van der Waals surface area (Å²) in [5.74, 6) is 0.300. The molecule has 1 nitrogen and oxygen atoms in total. The molecule has 0 fully saturated rings. The molecule has 2 heteroatoms. The predicted molar refractivity (Wildman–Crippen MR) is 66.9 cm³/mol. The van der Waals surface area contributed by atoms with Gasteiger partial charge in [0.25, 0.3) is 0 Å². The molecular weight excluding hydrogens is 252 g/mol. The van der Waals surface area contributed by atoms with Crippen molar-refractivity contribution < 1.29 is 4.79 Å². The monoisotopic (exact) mass is 268 g/mol. The minimum atomic E-state index is 0.0817.